The number of non-ortho nitro benzene ring substituents is 1. The van der Waals surface area contributed by atoms with Crippen LogP contribution in [0.2, 0.25) is 0 Å². The number of ether oxygens (including phenoxy) is 2. The predicted octanol–water partition coefficient (Wildman–Crippen LogP) is 4.14. The Morgan fingerprint density at radius 1 is 1.07 bits per heavy atom. The molecule has 29 heavy (non-hydrogen) atoms. The maximum atomic E-state index is 13.1. The first kappa shape index (κ1) is 18.5. The van der Waals surface area contributed by atoms with Crippen LogP contribution in [0.4, 0.5) is 11.4 Å². The minimum Gasteiger partial charge on any atom is -0.489 e. The molecular weight excluding hydrogens is 372 g/mol. The van der Waals surface area contributed by atoms with Crippen molar-refractivity contribution in [3.8, 4) is 11.5 Å². The predicted molar refractivity (Wildman–Crippen MR) is 107 cm³/mol. The van der Waals surface area contributed by atoms with Gasteiger partial charge in [0.25, 0.3) is 11.6 Å². The van der Waals surface area contributed by atoms with E-state index < -0.39 is 4.92 Å². The van der Waals surface area contributed by atoms with Gasteiger partial charge in [0.15, 0.2) is 6.61 Å². The van der Waals surface area contributed by atoms with Crippen molar-refractivity contribution in [3.63, 3.8) is 0 Å². The molecule has 1 atom stereocenters. The highest BCUT2D eigenvalue weighted by atomic mass is 16.6. The molecule has 0 aliphatic carbocycles. The smallest absolute Gasteiger partial charge is 0.273 e. The first-order chi connectivity index (χ1) is 14.1. The van der Waals surface area contributed by atoms with E-state index in [0.717, 1.165) is 5.56 Å². The first-order valence-electron chi connectivity index (χ1n) is 9.09. The van der Waals surface area contributed by atoms with Crippen molar-refractivity contribution in [2.45, 2.75) is 6.04 Å². The normalized spacial score (nSPS) is 15.2. The van der Waals surface area contributed by atoms with Crippen LogP contribution in [0.3, 0.4) is 0 Å². The largest absolute Gasteiger partial charge is 0.489 e. The fourth-order valence-electron chi connectivity index (χ4n) is 3.32. The quantitative estimate of drug-likeness (QED) is 0.483. The monoisotopic (exact) mass is 390 g/mol. The maximum absolute atomic E-state index is 13.1. The van der Waals surface area contributed by atoms with Gasteiger partial charge < -0.3 is 9.47 Å². The minimum atomic E-state index is -0.502. The molecule has 3 aromatic rings. The van der Waals surface area contributed by atoms with E-state index >= 15 is 0 Å². The van der Waals surface area contributed by atoms with Crippen molar-refractivity contribution < 1.29 is 19.2 Å². The highest BCUT2D eigenvalue weighted by molar-refractivity contribution is 5.97. The van der Waals surface area contributed by atoms with E-state index in [1.165, 1.54) is 18.2 Å². The number of nitro groups is 1. The first-order valence-corrected chi connectivity index (χ1v) is 9.09. The maximum Gasteiger partial charge on any atom is 0.273 e. The van der Waals surface area contributed by atoms with Crippen molar-refractivity contribution in [1.29, 1.82) is 0 Å². The molecule has 1 amide bonds. The van der Waals surface area contributed by atoms with Crippen LogP contribution in [-0.2, 0) is 4.79 Å². The highest BCUT2D eigenvalue weighted by Gasteiger charge is 2.33. The van der Waals surface area contributed by atoms with E-state index in [0.29, 0.717) is 18.0 Å². The average Bonchev–Trinajstić information content (AvgIpc) is 2.77. The molecule has 4 rings (SSSR count). The minimum absolute atomic E-state index is 0.0890. The molecule has 0 N–H and O–H groups in total. The van der Waals surface area contributed by atoms with Crippen LogP contribution in [0.1, 0.15) is 11.6 Å². The molecule has 146 valence electrons. The summed E-state index contributed by atoms with van der Waals surface area (Å²) in [7, 11) is 0. The topological polar surface area (TPSA) is 81.9 Å². The van der Waals surface area contributed by atoms with Crippen LogP contribution in [0, 0.1) is 10.1 Å². The molecule has 0 saturated carbocycles. The SMILES string of the molecule is O=C(COc1cccc([N+](=O)[O-])c1)N1c2ccccc2OCC1c1ccccc1. The summed E-state index contributed by atoms with van der Waals surface area (Å²) in [5.41, 5.74) is 1.53. The number of para-hydroxylation sites is 2. The third-order valence-electron chi connectivity index (χ3n) is 4.68. The van der Waals surface area contributed by atoms with Gasteiger partial charge in [-0.05, 0) is 23.8 Å². The van der Waals surface area contributed by atoms with Gasteiger partial charge in [0.1, 0.15) is 18.1 Å². The molecule has 7 heteroatoms. The fourth-order valence-corrected chi connectivity index (χ4v) is 3.32. The Kier molecular flexibility index (Phi) is 5.11. The molecule has 1 aliphatic heterocycles. The van der Waals surface area contributed by atoms with E-state index in [9.17, 15) is 14.9 Å². The lowest BCUT2D eigenvalue weighted by atomic mass is 10.0. The number of fused-ring (bicyclic) bond motifs is 1. The molecule has 7 nitrogen and oxygen atoms in total. The third-order valence-corrected chi connectivity index (χ3v) is 4.68. The fraction of sp³-hybridized carbons (Fsp3) is 0.136. The lowest BCUT2D eigenvalue weighted by Gasteiger charge is -2.37. The molecule has 3 aromatic carbocycles. The highest BCUT2D eigenvalue weighted by Crippen LogP contribution is 2.39. The summed E-state index contributed by atoms with van der Waals surface area (Å²) in [4.78, 5) is 25.3. The van der Waals surface area contributed by atoms with Crippen LogP contribution in [0.15, 0.2) is 78.9 Å². The molecule has 1 unspecified atom stereocenters. The summed E-state index contributed by atoms with van der Waals surface area (Å²) in [5.74, 6) is 0.634. The van der Waals surface area contributed by atoms with Gasteiger partial charge in [-0.25, -0.2) is 0 Å². The van der Waals surface area contributed by atoms with Crippen LogP contribution in [-0.4, -0.2) is 24.0 Å². The second-order valence-corrected chi connectivity index (χ2v) is 6.51. The van der Waals surface area contributed by atoms with Crippen LogP contribution in [0.25, 0.3) is 0 Å². The Bertz CT molecular complexity index is 1040. The Balaban J connectivity index is 1.60. The zero-order valence-corrected chi connectivity index (χ0v) is 15.4. The summed E-state index contributed by atoms with van der Waals surface area (Å²) < 4.78 is 11.4. The second kappa shape index (κ2) is 8.02. The Labute approximate surface area is 167 Å². The van der Waals surface area contributed by atoms with Gasteiger partial charge in [-0.2, -0.15) is 0 Å². The van der Waals surface area contributed by atoms with Gasteiger partial charge >= 0.3 is 0 Å². The molecule has 1 aliphatic rings. The van der Waals surface area contributed by atoms with E-state index in [1.54, 1.807) is 11.0 Å². The van der Waals surface area contributed by atoms with Gasteiger partial charge in [-0.15, -0.1) is 0 Å². The number of anilines is 1. The molecule has 0 bridgehead atoms. The number of carbonyl (C=O) groups excluding carboxylic acids is 1. The summed E-state index contributed by atoms with van der Waals surface area (Å²) in [6, 6.07) is 22.5. The van der Waals surface area contributed by atoms with E-state index in [1.807, 2.05) is 54.6 Å². The number of benzene rings is 3. The number of nitrogens with zero attached hydrogens (tertiary/aromatic N) is 2. The molecule has 0 saturated heterocycles. The van der Waals surface area contributed by atoms with Crippen molar-refractivity contribution in [2.75, 3.05) is 18.1 Å². The molecule has 0 spiro atoms. The van der Waals surface area contributed by atoms with E-state index in [4.69, 9.17) is 9.47 Å². The van der Waals surface area contributed by atoms with E-state index in [-0.39, 0.29) is 30.0 Å². The lowest BCUT2D eigenvalue weighted by molar-refractivity contribution is -0.384. The molecular formula is C22H18N2O5. The van der Waals surface area contributed by atoms with Crippen molar-refractivity contribution in [2.24, 2.45) is 0 Å². The van der Waals surface area contributed by atoms with Crippen molar-refractivity contribution >= 4 is 17.3 Å². The van der Waals surface area contributed by atoms with Gasteiger partial charge in [0.2, 0.25) is 0 Å². The summed E-state index contributed by atoms with van der Waals surface area (Å²) in [6.45, 7) is 0.0718. The number of rotatable bonds is 5. The van der Waals surface area contributed by atoms with Crippen LogP contribution >= 0.6 is 0 Å². The molecule has 1 heterocycles. The molecule has 0 radical (unpaired) electrons. The van der Waals surface area contributed by atoms with Gasteiger partial charge in [-0.1, -0.05) is 48.5 Å². The Morgan fingerprint density at radius 3 is 2.62 bits per heavy atom. The van der Waals surface area contributed by atoms with Crippen LogP contribution in [0.5, 0.6) is 11.5 Å². The number of amides is 1. The Morgan fingerprint density at radius 2 is 1.83 bits per heavy atom. The van der Waals surface area contributed by atoms with Gasteiger partial charge in [-0.3, -0.25) is 19.8 Å². The number of hydrogen-bond donors (Lipinski definition) is 0. The zero-order valence-electron chi connectivity index (χ0n) is 15.4. The third kappa shape index (κ3) is 3.89. The van der Waals surface area contributed by atoms with Crippen molar-refractivity contribution in [1.82, 2.24) is 0 Å². The summed E-state index contributed by atoms with van der Waals surface area (Å²) >= 11 is 0. The summed E-state index contributed by atoms with van der Waals surface area (Å²) in [5, 5.41) is 10.9. The molecule has 0 fully saturated rings. The average molecular weight is 390 g/mol. The number of carbonyl (C=O) groups is 1. The second-order valence-electron chi connectivity index (χ2n) is 6.51. The van der Waals surface area contributed by atoms with Crippen LogP contribution < -0.4 is 14.4 Å². The van der Waals surface area contributed by atoms with Crippen molar-refractivity contribution in [3.05, 3.63) is 94.5 Å². The zero-order chi connectivity index (χ0) is 20.2. The van der Waals surface area contributed by atoms with Gasteiger partial charge in [0.05, 0.1) is 22.7 Å². The number of nitro benzene ring substituents is 1. The standard InChI is InChI=1S/C22H18N2O5/c25-22(15-28-18-10-6-9-17(13-18)24(26)27)23-19-11-4-5-12-21(19)29-14-20(23)16-7-2-1-3-8-16/h1-13,20H,14-15H2. The van der Waals surface area contributed by atoms with E-state index in [2.05, 4.69) is 0 Å². The molecule has 0 aromatic heterocycles. The van der Waals surface area contributed by atoms with Gasteiger partial charge in [0, 0.05) is 6.07 Å². The number of hydrogen-bond acceptors (Lipinski definition) is 5. The lowest BCUT2D eigenvalue weighted by Crippen LogP contribution is -2.43. The summed E-state index contributed by atoms with van der Waals surface area (Å²) in [6.07, 6.45) is 0. The Hall–Kier alpha value is -3.87.